The van der Waals surface area contributed by atoms with Gasteiger partial charge in [-0.05, 0) is 40.8 Å². The average Bonchev–Trinajstić information content (AvgIpc) is 3.14. The second kappa shape index (κ2) is 8.39. The van der Waals surface area contributed by atoms with Gasteiger partial charge >= 0.3 is 0 Å². The van der Waals surface area contributed by atoms with E-state index in [2.05, 4.69) is 10.3 Å². The monoisotopic (exact) mass is 371 g/mol. The Hall–Kier alpha value is -3.60. The van der Waals surface area contributed by atoms with Gasteiger partial charge in [0.25, 0.3) is 0 Å². The number of amides is 1. The molecule has 0 unspecified atom stereocenters. The van der Waals surface area contributed by atoms with Crippen LogP contribution in [0.25, 0.3) is 10.9 Å². The van der Waals surface area contributed by atoms with Crippen LogP contribution >= 0.6 is 0 Å². The van der Waals surface area contributed by atoms with E-state index in [-0.39, 0.29) is 12.5 Å². The van der Waals surface area contributed by atoms with Crippen LogP contribution in [0.3, 0.4) is 0 Å². The van der Waals surface area contributed by atoms with Crippen LogP contribution in [0.1, 0.15) is 11.1 Å². The van der Waals surface area contributed by atoms with Gasteiger partial charge in [-0.3, -0.25) is 9.78 Å². The van der Waals surface area contributed by atoms with Crippen molar-refractivity contribution in [3.63, 3.8) is 0 Å². The van der Waals surface area contributed by atoms with Gasteiger partial charge in [0, 0.05) is 31.2 Å². The van der Waals surface area contributed by atoms with Crippen LogP contribution in [0.2, 0.25) is 0 Å². The first kappa shape index (κ1) is 17.8. The van der Waals surface area contributed by atoms with Crippen molar-refractivity contribution in [3.05, 3.63) is 96.4 Å². The van der Waals surface area contributed by atoms with Crippen molar-refractivity contribution in [3.8, 4) is 5.75 Å². The molecule has 4 rings (SSSR count). The summed E-state index contributed by atoms with van der Waals surface area (Å²) in [6.07, 6.45) is 5.39. The van der Waals surface area contributed by atoms with Gasteiger partial charge in [0.1, 0.15) is 18.9 Å². The van der Waals surface area contributed by atoms with Crippen molar-refractivity contribution in [1.82, 2.24) is 14.9 Å². The molecule has 0 bridgehead atoms. The molecule has 5 nitrogen and oxygen atoms in total. The summed E-state index contributed by atoms with van der Waals surface area (Å²) in [5.74, 6) is 0.740. The summed E-state index contributed by atoms with van der Waals surface area (Å²) in [7, 11) is 0. The highest BCUT2D eigenvalue weighted by atomic mass is 16.5. The van der Waals surface area contributed by atoms with Crippen LogP contribution in [0.15, 0.2) is 85.3 Å². The highest BCUT2D eigenvalue weighted by molar-refractivity contribution is 5.84. The molecule has 0 saturated heterocycles. The number of hydrogen-bond acceptors (Lipinski definition) is 3. The maximum atomic E-state index is 12.3. The maximum Gasteiger partial charge on any atom is 0.240 e. The molecule has 140 valence electrons. The summed E-state index contributed by atoms with van der Waals surface area (Å²) in [5.41, 5.74) is 3.07. The Morgan fingerprint density at radius 3 is 2.68 bits per heavy atom. The average molecular weight is 371 g/mol. The van der Waals surface area contributed by atoms with Crippen LogP contribution in [0, 0.1) is 0 Å². The molecule has 0 radical (unpaired) electrons. The van der Waals surface area contributed by atoms with Gasteiger partial charge in [0.2, 0.25) is 5.91 Å². The number of ether oxygens (including phenoxy) is 1. The molecular weight excluding hydrogens is 350 g/mol. The lowest BCUT2D eigenvalue weighted by atomic mass is 10.2. The fourth-order valence-corrected chi connectivity index (χ4v) is 3.05. The van der Waals surface area contributed by atoms with Gasteiger partial charge in [-0.2, -0.15) is 0 Å². The van der Waals surface area contributed by atoms with E-state index in [0.717, 1.165) is 27.8 Å². The van der Waals surface area contributed by atoms with Crippen LogP contribution in [-0.4, -0.2) is 15.5 Å². The van der Waals surface area contributed by atoms with Crippen LogP contribution in [0.4, 0.5) is 0 Å². The highest BCUT2D eigenvalue weighted by Crippen LogP contribution is 2.23. The minimum Gasteiger partial charge on any atom is -0.489 e. The molecule has 0 spiro atoms. The summed E-state index contributed by atoms with van der Waals surface area (Å²) >= 11 is 0. The predicted octanol–water partition coefficient (Wildman–Crippen LogP) is 3.93. The number of carbonyl (C=O) groups excluding carboxylic acids is 1. The van der Waals surface area contributed by atoms with Crippen molar-refractivity contribution < 1.29 is 9.53 Å². The third-order valence-electron chi connectivity index (χ3n) is 4.52. The van der Waals surface area contributed by atoms with E-state index < -0.39 is 0 Å². The van der Waals surface area contributed by atoms with Crippen molar-refractivity contribution in [2.45, 2.75) is 19.7 Å². The van der Waals surface area contributed by atoms with Gasteiger partial charge in [0.05, 0.1) is 5.52 Å². The number of pyridine rings is 1. The zero-order valence-corrected chi connectivity index (χ0v) is 15.4. The number of nitrogens with one attached hydrogen (secondary N) is 1. The maximum absolute atomic E-state index is 12.3. The Morgan fingerprint density at radius 1 is 1.00 bits per heavy atom. The lowest BCUT2D eigenvalue weighted by molar-refractivity contribution is -0.121. The number of nitrogens with zero attached hydrogens (tertiary/aromatic N) is 2. The lowest BCUT2D eigenvalue weighted by Crippen LogP contribution is -2.26. The molecule has 1 N–H and O–H groups in total. The normalized spacial score (nSPS) is 10.7. The topological polar surface area (TPSA) is 56.1 Å². The molecule has 2 aromatic heterocycles. The molecule has 28 heavy (non-hydrogen) atoms. The quantitative estimate of drug-likeness (QED) is 0.535. The van der Waals surface area contributed by atoms with Crippen LogP contribution < -0.4 is 10.1 Å². The zero-order chi connectivity index (χ0) is 19.2. The number of benzene rings is 2. The Bertz CT molecular complexity index is 1060. The van der Waals surface area contributed by atoms with E-state index >= 15 is 0 Å². The SMILES string of the molecule is O=C(Cn1ccc2ccc(OCc3ccccc3)cc21)NCc1cccnc1. The Labute approximate surface area is 163 Å². The molecule has 0 fully saturated rings. The molecule has 0 aliphatic heterocycles. The molecule has 0 aliphatic rings. The first-order chi connectivity index (χ1) is 13.8. The van der Waals surface area contributed by atoms with E-state index in [0.29, 0.717) is 13.2 Å². The van der Waals surface area contributed by atoms with Crippen molar-refractivity contribution in [2.24, 2.45) is 0 Å². The number of carbonyl (C=O) groups is 1. The van der Waals surface area contributed by atoms with E-state index in [4.69, 9.17) is 4.74 Å². The first-order valence-electron chi connectivity index (χ1n) is 9.19. The Kier molecular flexibility index (Phi) is 5.33. The van der Waals surface area contributed by atoms with E-state index in [1.807, 2.05) is 77.5 Å². The summed E-state index contributed by atoms with van der Waals surface area (Å²) in [6.45, 7) is 1.24. The fraction of sp³-hybridized carbons (Fsp3) is 0.130. The Balaban J connectivity index is 1.41. The number of hydrogen-bond donors (Lipinski definition) is 1. The van der Waals surface area contributed by atoms with Crippen molar-refractivity contribution in [2.75, 3.05) is 0 Å². The van der Waals surface area contributed by atoms with Crippen LogP contribution in [0.5, 0.6) is 5.75 Å². The van der Waals surface area contributed by atoms with Gasteiger partial charge < -0.3 is 14.6 Å². The Morgan fingerprint density at radius 2 is 1.86 bits per heavy atom. The third-order valence-corrected chi connectivity index (χ3v) is 4.52. The molecule has 1 amide bonds. The zero-order valence-electron chi connectivity index (χ0n) is 15.4. The molecule has 0 saturated carbocycles. The standard InChI is InChI=1S/C23H21N3O2/c27-23(25-15-19-7-4-11-24-14-19)16-26-12-10-20-8-9-21(13-22(20)26)28-17-18-5-2-1-3-6-18/h1-14H,15-17H2,(H,25,27). The van der Waals surface area contributed by atoms with Crippen molar-refractivity contribution >= 4 is 16.8 Å². The van der Waals surface area contributed by atoms with E-state index in [1.165, 1.54) is 0 Å². The minimum absolute atomic E-state index is 0.0445. The first-order valence-corrected chi connectivity index (χ1v) is 9.19. The minimum atomic E-state index is -0.0445. The molecule has 0 aliphatic carbocycles. The smallest absolute Gasteiger partial charge is 0.240 e. The molecule has 2 aromatic carbocycles. The number of rotatable bonds is 7. The summed E-state index contributed by atoms with van der Waals surface area (Å²) in [6, 6.07) is 21.8. The summed E-state index contributed by atoms with van der Waals surface area (Å²) < 4.78 is 7.85. The van der Waals surface area contributed by atoms with Gasteiger partial charge in [-0.25, -0.2) is 0 Å². The third kappa shape index (κ3) is 4.38. The number of aromatic nitrogens is 2. The van der Waals surface area contributed by atoms with E-state index in [1.54, 1.807) is 12.4 Å². The second-order valence-electron chi connectivity index (χ2n) is 6.58. The highest BCUT2D eigenvalue weighted by Gasteiger charge is 2.08. The molecular formula is C23H21N3O2. The number of fused-ring (bicyclic) bond motifs is 1. The molecule has 0 atom stereocenters. The molecule has 5 heteroatoms. The van der Waals surface area contributed by atoms with E-state index in [9.17, 15) is 4.79 Å². The molecule has 4 aromatic rings. The largest absolute Gasteiger partial charge is 0.489 e. The summed E-state index contributed by atoms with van der Waals surface area (Å²) in [4.78, 5) is 16.4. The predicted molar refractivity (Wildman–Crippen MR) is 109 cm³/mol. The van der Waals surface area contributed by atoms with Gasteiger partial charge in [0.15, 0.2) is 0 Å². The lowest BCUT2D eigenvalue weighted by Gasteiger charge is -2.09. The van der Waals surface area contributed by atoms with Crippen molar-refractivity contribution in [1.29, 1.82) is 0 Å². The fourth-order valence-electron chi connectivity index (χ4n) is 3.05. The van der Waals surface area contributed by atoms with Gasteiger partial charge in [-0.1, -0.05) is 36.4 Å². The van der Waals surface area contributed by atoms with Gasteiger partial charge in [-0.15, -0.1) is 0 Å². The van der Waals surface area contributed by atoms with Crippen LogP contribution in [-0.2, 0) is 24.5 Å². The molecule has 2 heterocycles. The second-order valence-corrected chi connectivity index (χ2v) is 6.58. The summed E-state index contributed by atoms with van der Waals surface area (Å²) in [5, 5.41) is 4.01.